The molecule has 8 heteroatoms. The molecule has 0 unspecified atom stereocenters. The molecule has 1 amide bonds. The number of amides is 1. The average Bonchev–Trinajstić information content (AvgIpc) is 2.60. The molecule has 2 rings (SSSR count). The number of nitrogens with zero attached hydrogens (tertiary/aromatic N) is 1. The minimum absolute atomic E-state index is 0.321. The van der Waals surface area contributed by atoms with E-state index in [0.29, 0.717) is 29.5 Å². The summed E-state index contributed by atoms with van der Waals surface area (Å²) in [6, 6.07) is 12.0. The summed E-state index contributed by atoms with van der Waals surface area (Å²) in [5, 5.41) is 2.69. The summed E-state index contributed by atoms with van der Waals surface area (Å²) in [4.78, 5) is 12.4. The number of hydrogen-bond acceptors (Lipinski definition) is 5. The number of rotatable bonds is 8. The Kier molecular flexibility index (Phi) is 6.68. The van der Waals surface area contributed by atoms with Crippen molar-refractivity contribution in [2.75, 3.05) is 36.1 Å². The van der Waals surface area contributed by atoms with Crippen molar-refractivity contribution in [1.82, 2.24) is 0 Å². The van der Waals surface area contributed by atoms with Gasteiger partial charge in [-0.05, 0) is 55.8 Å². The van der Waals surface area contributed by atoms with Crippen LogP contribution in [0, 0.1) is 6.92 Å². The third-order valence-corrected chi connectivity index (χ3v) is 4.87. The molecule has 27 heavy (non-hydrogen) atoms. The lowest BCUT2D eigenvalue weighted by Crippen LogP contribution is -2.37. The van der Waals surface area contributed by atoms with Crippen molar-refractivity contribution in [3.63, 3.8) is 0 Å². The standard InChI is InChI=1S/C19H24N2O5S/c1-5-26-16-9-7-15(8-10-16)20-19(22)13-21(27(4,23)24)17-12-14(2)6-11-18(17)25-3/h6-12H,5,13H2,1-4H3,(H,20,22). The monoisotopic (exact) mass is 392 g/mol. The molecule has 1 N–H and O–H groups in total. The number of anilines is 2. The molecule has 0 radical (unpaired) electrons. The van der Waals surface area contributed by atoms with Crippen molar-refractivity contribution in [3.8, 4) is 11.5 Å². The zero-order valence-electron chi connectivity index (χ0n) is 15.9. The van der Waals surface area contributed by atoms with E-state index in [1.54, 1.807) is 36.4 Å². The summed E-state index contributed by atoms with van der Waals surface area (Å²) >= 11 is 0. The molecule has 7 nitrogen and oxygen atoms in total. The second-order valence-electron chi connectivity index (χ2n) is 5.95. The molecule has 0 saturated carbocycles. The van der Waals surface area contributed by atoms with Crippen LogP contribution in [0.5, 0.6) is 11.5 Å². The van der Waals surface area contributed by atoms with E-state index in [4.69, 9.17) is 9.47 Å². The van der Waals surface area contributed by atoms with Gasteiger partial charge in [-0.1, -0.05) is 6.07 Å². The lowest BCUT2D eigenvalue weighted by Gasteiger charge is -2.24. The van der Waals surface area contributed by atoms with E-state index in [-0.39, 0.29) is 6.54 Å². The highest BCUT2D eigenvalue weighted by Crippen LogP contribution is 2.31. The molecular weight excluding hydrogens is 368 g/mol. The first-order chi connectivity index (χ1) is 12.7. The van der Waals surface area contributed by atoms with Gasteiger partial charge in [0.25, 0.3) is 0 Å². The lowest BCUT2D eigenvalue weighted by atomic mass is 10.2. The van der Waals surface area contributed by atoms with E-state index >= 15 is 0 Å². The molecule has 0 aliphatic carbocycles. The number of aryl methyl sites for hydroxylation is 1. The summed E-state index contributed by atoms with van der Waals surface area (Å²) in [5.74, 6) is 0.603. The third kappa shape index (κ3) is 5.62. The molecule has 2 aromatic rings. The molecule has 0 spiro atoms. The van der Waals surface area contributed by atoms with E-state index in [9.17, 15) is 13.2 Å². The van der Waals surface area contributed by atoms with Crippen LogP contribution < -0.4 is 19.1 Å². The van der Waals surface area contributed by atoms with Crippen LogP contribution >= 0.6 is 0 Å². The highest BCUT2D eigenvalue weighted by atomic mass is 32.2. The van der Waals surface area contributed by atoms with Gasteiger partial charge >= 0.3 is 0 Å². The van der Waals surface area contributed by atoms with Crippen molar-refractivity contribution in [2.24, 2.45) is 0 Å². The minimum Gasteiger partial charge on any atom is -0.495 e. The van der Waals surface area contributed by atoms with Crippen LogP contribution in [-0.4, -0.2) is 40.8 Å². The van der Waals surface area contributed by atoms with Crippen molar-refractivity contribution in [1.29, 1.82) is 0 Å². The number of methoxy groups -OCH3 is 1. The second kappa shape index (κ2) is 8.77. The van der Waals surface area contributed by atoms with Crippen molar-refractivity contribution in [2.45, 2.75) is 13.8 Å². The fourth-order valence-electron chi connectivity index (χ4n) is 2.51. The largest absolute Gasteiger partial charge is 0.495 e. The predicted octanol–water partition coefficient (Wildman–Crippen LogP) is 2.81. The second-order valence-corrected chi connectivity index (χ2v) is 7.86. The molecule has 0 aliphatic rings. The number of sulfonamides is 1. The van der Waals surface area contributed by atoms with E-state index < -0.39 is 15.9 Å². The summed E-state index contributed by atoms with van der Waals surface area (Å²) in [7, 11) is -2.24. The molecule has 0 aliphatic heterocycles. The average molecular weight is 392 g/mol. The maximum absolute atomic E-state index is 12.4. The molecule has 146 valence electrons. The first kappa shape index (κ1) is 20.6. The van der Waals surface area contributed by atoms with E-state index in [2.05, 4.69) is 5.32 Å². The van der Waals surface area contributed by atoms with Crippen molar-refractivity contribution < 1.29 is 22.7 Å². The first-order valence-electron chi connectivity index (χ1n) is 8.39. The Labute approximate surface area is 160 Å². The van der Waals surface area contributed by atoms with Crippen molar-refractivity contribution in [3.05, 3.63) is 48.0 Å². The molecule has 0 saturated heterocycles. The predicted molar refractivity (Wildman–Crippen MR) is 106 cm³/mol. The molecule has 0 fully saturated rings. The number of benzene rings is 2. The van der Waals surface area contributed by atoms with Gasteiger partial charge in [0, 0.05) is 5.69 Å². The van der Waals surface area contributed by atoms with Gasteiger partial charge in [0.15, 0.2) is 0 Å². The summed E-state index contributed by atoms with van der Waals surface area (Å²) in [5.41, 5.74) is 1.72. The van der Waals surface area contributed by atoms with Crippen molar-refractivity contribution >= 4 is 27.3 Å². The lowest BCUT2D eigenvalue weighted by molar-refractivity contribution is -0.114. The summed E-state index contributed by atoms with van der Waals surface area (Å²) < 4.78 is 36.2. The van der Waals surface area contributed by atoms with Gasteiger partial charge in [-0.15, -0.1) is 0 Å². The fraction of sp³-hybridized carbons (Fsp3) is 0.316. The maximum Gasteiger partial charge on any atom is 0.245 e. The van der Waals surface area contributed by atoms with Gasteiger partial charge in [-0.2, -0.15) is 0 Å². The van der Waals surface area contributed by atoms with Gasteiger partial charge in [-0.3, -0.25) is 9.10 Å². The Bertz CT molecular complexity index is 895. The van der Waals surface area contributed by atoms with Gasteiger partial charge in [-0.25, -0.2) is 8.42 Å². The quantitative estimate of drug-likeness (QED) is 0.747. The molecule has 0 aromatic heterocycles. The Hall–Kier alpha value is -2.74. The van der Waals surface area contributed by atoms with Crippen LogP contribution in [-0.2, 0) is 14.8 Å². The SMILES string of the molecule is CCOc1ccc(NC(=O)CN(c2cc(C)ccc2OC)S(C)(=O)=O)cc1. The highest BCUT2D eigenvalue weighted by Gasteiger charge is 2.24. The zero-order valence-corrected chi connectivity index (χ0v) is 16.7. The Morgan fingerprint density at radius 2 is 1.81 bits per heavy atom. The Morgan fingerprint density at radius 1 is 1.15 bits per heavy atom. The zero-order chi connectivity index (χ0) is 20.0. The van der Waals surface area contributed by atoms with Gasteiger partial charge < -0.3 is 14.8 Å². The van der Waals surface area contributed by atoms with Crippen LogP contribution in [0.4, 0.5) is 11.4 Å². The minimum atomic E-state index is -3.70. The number of carbonyl (C=O) groups is 1. The normalized spacial score (nSPS) is 11.0. The fourth-order valence-corrected chi connectivity index (χ4v) is 3.36. The molecular formula is C19H24N2O5S. The number of ether oxygens (including phenoxy) is 2. The van der Waals surface area contributed by atoms with Gasteiger partial charge in [0.1, 0.15) is 18.0 Å². The van der Waals surface area contributed by atoms with Crippen LogP contribution in [0.3, 0.4) is 0 Å². The summed E-state index contributed by atoms with van der Waals surface area (Å²) in [6.45, 7) is 3.90. The maximum atomic E-state index is 12.4. The van der Waals surface area contributed by atoms with Crippen LogP contribution in [0.1, 0.15) is 12.5 Å². The van der Waals surface area contributed by atoms with Crippen LogP contribution in [0.15, 0.2) is 42.5 Å². The first-order valence-corrected chi connectivity index (χ1v) is 10.2. The molecule has 0 bridgehead atoms. The van der Waals surface area contributed by atoms with Gasteiger partial charge in [0.05, 0.1) is 25.7 Å². The molecule has 0 atom stereocenters. The third-order valence-electron chi connectivity index (χ3n) is 3.74. The molecule has 2 aromatic carbocycles. The number of hydrogen-bond donors (Lipinski definition) is 1. The summed E-state index contributed by atoms with van der Waals surface area (Å²) in [6.07, 6.45) is 1.05. The Morgan fingerprint density at radius 3 is 2.37 bits per heavy atom. The number of nitrogens with one attached hydrogen (secondary N) is 1. The van der Waals surface area contributed by atoms with Gasteiger partial charge in [0.2, 0.25) is 15.9 Å². The Balaban J connectivity index is 2.22. The highest BCUT2D eigenvalue weighted by molar-refractivity contribution is 7.92. The molecule has 0 heterocycles. The number of carbonyl (C=O) groups excluding carboxylic acids is 1. The smallest absolute Gasteiger partial charge is 0.245 e. The van der Waals surface area contributed by atoms with E-state index in [1.165, 1.54) is 7.11 Å². The van der Waals surface area contributed by atoms with E-state index in [1.807, 2.05) is 19.9 Å². The topological polar surface area (TPSA) is 84.9 Å². The van der Waals surface area contributed by atoms with E-state index in [0.717, 1.165) is 16.1 Å². The van der Waals surface area contributed by atoms with Crippen LogP contribution in [0.25, 0.3) is 0 Å². The van der Waals surface area contributed by atoms with Crippen LogP contribution in [0.2, 0.25) is 0 Å².